The second-order valence-electron chi connectivity index (χ2n) is 6.21. The van der Waals surface area contributed by atoms with Gasteiger partial charge in [-0.05, 0) is 24.3 Å². The molecule has 3 heterocycles. The Labute approximate surface area is 168 Å². The number of thioether (sulfide) groups is 1. The molecule has 5 rings (SSSR count). The average molecular weight is 407 g/mol. The van der Waals surface area contributed by atoms with E-state index in [1.165, 1.54) is 9.58 Å². The maximum absolute atomic E-state index is 12.4. The van der Waals surface area contributed by atoms with E-state index in [2.05, 4.69) is 21.4 Å². The number of hydrogen-bond donors (Lipinski definition) is 0. The van der Waals surface area contributed by atoms with Crippen LogP contribution in [0.15, 0.2) is 59.1 Å². The van der Waals surface area contributed by atoms with Gasteiger partial charge in [0.05, 0.1) is 33.2 Å². The molecule has 0 bridgehead atoms. The van der Waals surface area contributed by atoms with Gasteiger partial charge in [-0.1, -0.05) is 41.2 Å². The van der Waals surface area contributed by atoms with Gasteiger partial charge in [0, 0.05) is 5.75 Å². The Morgan fingerprint density at radius 1 is 0.964 bits per heavy atom. The van der Waals surface area contributed by atoms with Crippen molar-refractivity contribution in [1.82, 2.24) is 24.9 Å². The van der Waals surface area contributed by atoms with E-state index in [0.717, 1.165) is 20.3 Å². The van der Waals surface area contributed by atoms with Crippen LogP contribution in [0.25, 0.3) is 10.2 Å². The molecule has 0 saturated heterocycles. The fourth-order valence-corrected chi connectivity index (χ4v) is 4.98. The van der Waals surface area contributed by atoms with Gasteiger partial charge in [-0.15, -0.1) is 16.4 Å². The fourth-order valence-electron chi connectivity index (χ4n) is 3.03. The van der Waals surface area contributed by atoms with Crippen molar-refractivity contribution in [1.29, 1.82) is 0 Å². The van der Waals surface area contributed by atoms with E-state index in [9.17, 15) is 9.59 Å². The average Bonchev–Trinajstić information content (AvgIpc) is 3.40. The van der Waals surface area contributed by atoms with Crippen molar-refractivity contribution in [3.8, 4) is 0 Å². The molecule has 0 saturated carbocycles. The van der Waals surface area contributed by atoms with E-state index in [4.69, 9.17) is 0 Å². The highest BCUT2D eigenvalue weighted by molar-refractivity contribution is 8.00. The number of amides is 2. The predicted octanol–water partition coefficient (Wildman–Crippen LogP) is 3.43. The normalized spacial score (nSPS) is 13.5. The first-order valence-electron chi connectivity index (χ1n) is 8.51. The standard InChI is InChI=1S/C19H13N5O2S2/c25-17-13-5-1-2-6-14(13)18(26)24(17)11-23-9-12(21-22-23)10-27-19-20-15-7-3-4-8-16(15)28-19/h1-9H,10-11H2. The predicted molar refractivity (Wildman–Crippen MR) is 106 cm³/mol. The zero-order valence-corrected chi connectivity index (χ0v) is 16.1. The van der Waals surface area contributed by atoms with Gasteiger partial charge in [0.15, 0.2) is 4.34 Å². The number of carbonyl (C=O) groups is 2. The van der Waals surface area contributed by atoms with Gasteiger partial charge in [-0.25, -0.2) is 9.67 Å². The quantitative estimate of drug-likeness (QED) is 0.372. The molecule has 138 valence electrons. The number of fused-ring (bicyclic) bond motifs is 2. The SMILES string of the molecule is O=C1c2ccccc2C(=O)N1Cn1cc(CSc2nc3ccccc3s2)nn1. The zero-order valence-electron chi connectivity index (χ0n) is 14.5. The van der Waals surface area contributed by atoms with Crippen LogP contribution in [0.5, 0.6) is 0 Å². The van der Waals surface area contributed by atoms with E-state index in [-0.39, 0.29) is 18.5 Å². The summed E-state index contributed by atoms with van der Waals surface area (Å²) in [5, 5.41) is 8.20. The van der Waals surface area contributed by atoms with Gasteiger partial charge < -0.3 is 0 Å². The molecule has 2 aromatic heterocycles. The lowest BCUT2D eigenvalue weighted by Crippen LogP contribution is -2.32. The van der Waals surface area contributed by atoms with Crippen LogP contribution in [-0.4, -0.2) is 36.7 Å². The van der Waals surface area contributed by atoms with Crippen molar-refractivity contribution in [3.63, 3.8) is 0 Å². The molecule has 0 atom stereocenters. The van der Waals surface area contributed by atoms with Crippen LogP contribution in [0, 0.1) is 0 Å². The summed E-state index contributed by atoms with van der Waals surface area (Å²) in [5.74, 6) is 0.00470. The highest BCUT2D eigenvalue weighted by Gasteiger charge is 2.35. The fraction of sp³-hybridized carbons (Fsp3) is 0.105. The second kappa shape index (κ2) is 6.84. The molecule has 9 heteroatoms. The summed E-state index contributed by atoms with van der Waals surface area (Å²) in [6.07, 6.45) is 1.75. The Balaban J connectivity index is 1.27. The van der Waals surface area contributed by atoms with E-state index in [1.54, 1.807) is 53.6 Å². The third-order valence-corrected chi connectivity index (χ3v) is 6.58. The van der Waals surface area contributed by atoms with E-state index >= 15 is 0 Å². The van der Waals surface area contributed by atoms with E-state index in [0.29, 0.717) is 16.9 Å². The summed E-state index contributed by atoms with van der Waals surface area (Å²) in [6.45, 7) is 0.0468. The number of carbonyl (C=O) groups excluding carboxylic acids is 2. The molecule has 28 heavy (non-hydrogen) atoms. The van der Waals surface area contributed by atoms with Gasteiger partial charge in [-0.2, -0.15) is 0 Å². The van der Waals surface area contributed by atoms with Crippen LogP contribution in [0.2, 0.25) is 0 Å². The van der Waals surface area contributed by atoms with Gasteiger partial charge in [0.1, 0.15) is 6.67 Å². The summed E-state index contributed by atoms with van der Waals surface area (Å²) in [5.41, 5.74) is 2.61. The van der Waals surface area contributed by atoms with Crippen molar-refractivity contribution in [3.05, 3.63) is 71.5 Å². The molecule has 0 unspecified atom stereocenters. The van der Waals surface area contributed by atoms with Crippen LogP contribution < -0.4 is 0 Å². The number of para-hydroxylation sites is 1. The summed E-state index contributed by atoms with van der Waals surface area (Å²) in [7, 11) is 0. The third kappa shape index (κ3) is 2.98. The van der Waals surface area contributed by atoms with Crippen LogP contribution in [-0.2, 0) is 12.4 Å². The lowest BCUT2D eigenvalue weighted by Gasteiger charge is -2.12. The first-order chi connectivity index (χ1) is 13.7. The molecule has 4 aromatic rings. The second-order valence-corrected chi connectivity index (χ2v) is 8.46. The number of nitrogens with zero attached hydrogens (tertiary/aromatic N) is 5. The van der Waals surface area contributed by atoms with Crippen LogP contribution in [0.3, 0.4) is 0 Å². The van der Waals surface area contributed by atoms with Crippen LogP contribution in [0.4, 0.5) is 0 Å². The highest BCUT2D eigenvalue weighted by Crippen LogP contribution is 2.31. The zero-order chi connectivity index (χ0) is 19.1. The molecule has 0 fully saturated rings. The first kappa shape index (κ1) is 17.1. The Hall–Kier alpha value is -3.04. The van der Waals surface area contributed by atoms with Gasteiger partial charge in [0.25, 0.3) is 11.8 Å². The van der Waals surface area contributed by atoms with Gasteiger partial charge >= 0.3 is 0 Å². The Kier molecular flexibility index (Phi) is 4.18. The van der Waals surface area contributed by atoms with Crippen molar-refractivity contribution in [2.75, 3.05) is 0 Å². The maximum Gasteiger partial charge on any atom is 0.263 e. The molecule has 7 nitrogen and oxygen atoms in total. The first-order valence-corrected chi connectivity index (χ1v) is 10.3. The highest BCUT2D eigenvalue weighted by atomic mass is 32.2. The topological polar surface area (TPSA) is 81.0 Å². The molecule has 2 amide bonds. The monoisotopic (exact) mass is 407 g/mol. The van der Waals surface area contributed by atoms with Gasteiger partial charge in [-0.3, -0.25) is 14.5 Å². The number of benzene rings is 2. The number of thiazole rings is 1. The minimum Gasteiger partial charge on any atom is -0.269 e. The maximum atomic E-state index is 12.4. The Morgan fingerprint density at radius 3 is 2.43 bits per heavy atom. The Bertz CT molecular complexity index is 1150. The number of aromatic nitrogens is 4. The molecule has 0 N–H and O–H groups in total. The lowest BCUT2D eigenvalue weighted by atomic mass is 10.1. The largest absolute Gasteiger partial charge is 0.269 e. The molecule has 0 radical (unpaired) electrons. The number of rotatable bonds is 5. The summed E-state index contributed by atoms with van der Waals surface area (Å²) in [6, 6.07) is 14.8. The van der Waals surface area contributed by atoms with Crippen molar-refractivity contribution in [2.45, 2.75) is 16.8 Å². The molecule has 1 aliphatic rings. The molecular formula is C19H13N5O2S2. The summed E-state index contributed by atoms with van der Waals surface area (Å²) in [4.78, 5) is 30.7. The lowest BCUT2D eigenvalue weighted by molar-refractivity contribution is 0.0596. The van der Waals surface area contributed by atoms with Gasteiger partial charge in [0.2, 0.25) is 0 Å². The molecule has 1 aliphatic heterocycles. The smallest absolute Gasteiger partial charge is 0.263 e. The van der Waals surface area contributed by atoms with Crippen molar-refractivity contribution < 1.29 is 9.59 Å². The number of imide groups is 1. The molecular weight excluding hydrogens is 394 g/mol. The molecule has 2 aromatic carbocycles. The molecule has 0 spiro atoms. The third-order valence-electron chi connectivity index (χ3n) is 4.37. The van der Waals surface area contributed by atoms with Crippen molar-refractivity contribution >= 4 is 45.1 Å². The Morgan fingerprint density at radius 2 is 1.68 bits per heavy atom. The van der Waals surface area contributed by atoms with E-state index in [1.807, 2.05) is 18.2 Å². The minimum absolute atomic E-state index is 0.0468. The summed E-state index contributed by atoms with van der Waals surface area (Å²) >= 11 is 3.23. The minimum atomic E-state index is -0.304. The van der Waals surface area contributed by atoms with Crippen LogP contribution in [0.1, 0.15) is 26.4 Å². The van der Waals surface area contributed by atoms with E-state index < -0.39 is 0 Å². The van der Waals surface area contributed by atoms with Crippen molar-refractivity contribution in [2.24, 2.45) is 0 Å². The number of hydrogen-bond acceptors (Lipinski definition) is 7. The summed E-state index contributed by atoms with van der Waals surface area (Å²) < 4.78 is 3.63. The molecule has 0 aliphatic carbocycles. The van der Waals surface area contributed by atoms with Crippen LogP contribution >= 0.6 is 23.1 Å².